The largest absolute Gasteiger partial charge is 0.480 e. The number of fused-ring (bicyclic) bond motifs is 1. The molecule has 1 saturated heterocycles. The monoisotopic (exact) mass is 542 g/mol. The number of likely N-dealkylation sites (tertiary alicyclic amines) is 1. The summed E-state index contributed by atoms with van der Waals surface area (Å²) in [7, 11) is 0. The number of primary amides is 1. The van der Waals surface area contributed by atoms with Crippen LogP contribution < -0.4 is 22.1 Å². The highest BCUT2D eigenvalue weighted by Gasteiger charge is 2.38. The van der Waals surface area contributed by atoms with Crippen LogP contribution in [0.4, 0.5) is 0 Å². The summed E-state index contributed by atoms with van der Waals surface area (Å²) in [6.07, 6.45) is 3.05. The van der Waals surface area contributed by atoms with E-state index in [-0.39, 0.29) is 31.6 Å². The first kappa shape index (κ1) is 29.6. The summed E-state index contributed by atoms with van der Waals surface area (Å²) in [4.78, 5) is 67.2. The standard InChI is InChI=1S/C27H38N6O6/c1-15(2)12-21(27(38)39)32-24(35)20(13-16-14-30-19-7-4-3-6-17(16)19)31-25(36)22-8-5-11-33(22)26(37)18(28)9-10-23(29)34/h3-4,6-7,14-15,18,20-22,30H,5,8-13,28H2,1-2H3,(H2,29,34)(H,31,36)(H,32,35)(H,38,39). The number of aromatic nitrogens is 1. The highest BCUT2D eigenvalue weighted by molar-refractivity contribution is 5.95. The lowest BCUT2D eigenvalue weighted by Gasteiger charge is -2.28. The van der Waals surface area contributed by atoms with E-state index in [2.05, 4.69) is 15.6 Å². The third kappa shape index (κ3) is 7.79. The number of rotatable bonds is 13. The number of carbonyl (C=O) groups excluding carboxylic acids is 4. The summed E-state index contributed by atoms with van der Waals surface area (Å²) in [5.74, 6) is -3.34. The molecule has 4 atom stereocenters. The van der Waals surface area contributed by atoms with Gasteiger partial charge in [0.15, 0.2) is 0 Å². The number of hydrogen-bond acceptors (Lipinski definition) is 6. The van der Waals surface area contributed by atoms with E-state index in [1.54, 1.807) is 6.20 Å². The average molecular weight is 543 g/mol. The molecule has 1 aromatic heterocycles. The molecular formula is C27H38N6O6. The van der Waals surface area contributed by atoms with Crippen molar-refractivity contribution in [2.24, 2.45) is 17.4 Å². The van der Waals surface area contributed by atoms with Gasteiger partial charge in [-0.25, -0.2) is 4.79 Å². The molecule has 8 N–H and O–H groups in total. The third-order valence-electron chi connectivity index (χ3n) is 6.91. The Balaban J connectivity index is 1.80. The lowest BCUT2D eigenvalue weighted by molar-refractivity contribution is -0.143. The van der Waals surface area contributed by atoms with Gasteiger partial charge < -0.3 is 37.1 Å². The molecule has 12 heteroatoms. The number of nitrogens with zero attached hydrogens (tertiary/aromatic N) is 1. The molecule has 39 heavy (non-hydrogen) atoms. The fourth-order valence-corrected chi connectivity index (χ4v) is 4.90. The smallest absolute Gasteiger partial charge is 0.326 e. The number of para-hydroxylation sites is 1. The summed E-state index contributed by atoms with van der Waals surface area (Å²) in [5.41, 5.74) is 12.8. The Labute approximate surface area is 226 Å². The van der Waals surface area contributed by atoms with Crippen molar-refractivity contribution in [2.75, 3.05) is 6.54 Å². The molecular weight excluding hydrogens is 504 g/mol. The topological polar surface area (TPSA) is 201 Å². The number of nitrogens with one attached hydrogen (secondary N) is 3. The van der Waals surface area contributed by atoms with Crippen LogP contribution in [0.1, 0.15) is 51.5 Å². The van der Waals surface area contributed by atoms with Crippen molar-refractivity contribution < 1.29 is 29.1 Å². The van der Waals surface area contributed by atoms with Crippen molar-refractivity contribution in [1.82, 2.24) is 20.5 Å². The van der Waals surface area contributed by atoms with E-state index in [4.69, 9.17) is 11.5 Å². The quantitative estimate of drug-likeness (QED) is 0.210. The Morgan fingerprint density at radius 3 is 2.51 bits per heavy atom. The Bertz CT molecular complexity index is 1210. The summed E-state index contributed by atoms with van der Waals surface area (Å²) in [6, 6.07) is 3.47. The lowest BCUT2D eigenvalue weighted by atomic mass is 10.0. The number of benzene rings is 1. The fraction of sp³-hybridized carbons (Fsp3) is 0.519. The van der Waals surface area contributed by atoms with Gasteiger partial charge >= 0.3 is 5.97 Å². The number of H-pyrrole nitrogens is 1. The molecule has 1 aliphatic heterocycles. The Morgan fingerprint density at radius 1 is 1.13 bits per heavy atom. The van der Waals surface area contributed by atoms with Crippen LogP contribution in [0.25, 0.3) is 10.9 Å². The molecule has 1 fully saturated rings. The maximum atomic E-state index is 13.4. The van der Waals surface area contributed by atoms with Gasteiger partial charge in [0, 0.05) is 36.5 Å². The van der Waals surface area contributed by atoms with Crippen molar-refractivity contribution in [3.63, 3.8) is 0 Å². The zero-order valence-electron chi connectivity index (χ0n) is 22.3. The lowest BCUT2D eigenvalue weighted by Crippen LogP contribution is -2.57. The molecule has 0 radical (unpaired) electrons. The minimum atomic E-state index is -1.16. The molecule has 4 amide bonds. The molecule has 2 aromatic rings. The Morgan fingerprint density at radius 2 is 1.85 bits per heavy atom. The summed E-state index contributed by atoms with van der Waals surface area (Å²) >= 11 is 0. The second-order valence-corrected chi connectivity index (χ2v) is 10.5. The number of amides is 4. The molecule has 1 aliphatic rings. The Hall–Kier alpha value is -3.93. The van der Waals surface area contributed by atoms with E-state index >= 15 is 0 Å². The maximum absolute atomic E-state index is 13.4. The summed E-state index contributed by atoms with van der Waals surface area (Å²) < 4.78 is 0. The van der Waals surface area contributed by atoms with Crippen LogP contribution in [0.3, 0.4) is 0 Å². The van der Waals surface area contributed by atoms with Gasteiger partial charge in [0.25, 0.3) is 0 Å². The van der Waals surface area contributed by atoms with Gasteiger partial charge in [0.1, 0.15) is 18.1 Å². The molecule has 2 heterocycles. The minimum Gasteiger partial charge on any atom is -0.480 e. The van der Waals surface area contributed by atoms with Gasteiger partial charge in [-0.15, -0.1) is 0 Å². The van der Waals surface area contributed by atoms with Crippen LogP contribution in [-0.4, -0.2) is 75.3 Å². The number of hydrogen-bond donors (Lipinski definition) is 6. The van der Waals surface area contributed by atoms with Gasteiger partial charge in [-0.3, -0.25) is 19.2 Å². The number of carbonyl (C=O) groups is 5. The molecule has 4 unspecified atom stereocenters. The second kappa shape index (κ2) is 13.2. The van der Waals surface area contributed by atoms with Gasteiger partial charge in [0.05, 0.1) is 6.04 Å². The second-order valence-electron chi connectivity index (χ2n) is 10.5. The average Bonchev–Trinajstić information content (AvgIpc) is 3.53. The molecule has 12 nitrogen and oxygen atoms in total. The number of aliphatic carboxylic acids is 1. The van der Waals surface area contributed by atoms with E-state index in [9.17, 15) is 29.1 Å². The predicted octanol–water partition coefficient (Wildman–Crippen LogP) is 0.395. The van der Waals surface area contributed by atoms with Gasteiger partial charge in [0.2, 0.25) is 23.6 Å². The van der Waals surface area contributed by atoms with Crippen LogP contribution in [0.2, 0.25) is 0 Å². The van der Waals surface area contributed by atoms with Crippen molar-refractivity contribution in [1.29, 1.82) is 0 Å². The highest BCUT2D eigenvalue weighted by Crippen LogP contribution is 2.22. The van der Waals surface area contributed by atoms with E-state index in [0.717, 1.165) is 16.5 Å². The number of carboxylic acids is 1. The first-order valence-electron chi connectivity index (χ1n) is 13.2. The van der Waals surface area contributed by atoms with Crippen molar-refractivity contribution in [3.05, 3.63) is 36.0 Å². The maximum Gasteiger partial charge on any atom is 0.326 e. The van der Waals surface area contributed by atoms with Crippen molar-refractivity contribution >= 4 is 40.5 Å². The van der Waals surface area contributed by atoms with Crippen molar-refractivity contribution in [3.8, 4) is 0 Å². The normalized spacial score (nSPS) is 17.5. The molecule has 0 bridgehead atoms. The van der Waals surface area contributed by atoms with Crippen molar-refractivity contribution in [2.45, 2.75) is 76.5 Å². The van der Waals surface area contributed by atoms with Gasteiger partial charge in [-0.1, -0.05) is 32.0 Å². The van der Waals surface area contributed by atoms with E-state index in [0.29, 0.717) is 19.4 Å². The minimum absolute atomic E-state index is 0.0184. The van der Waals surface area contributed by atoms with Gasteiger partial charge in [-0.05, 0) is 43.2 Å². The van der Waals surface area contributed by atoms with Crippen LogP contribution in [-0.2, 0) is 30.4 Å². The zero-order valence-corrected chi connectivity index (χ0v) is 22.3. The third-order valence-corrected chi connectivity index (χ3v) is 6.91. The SMILES string of the molecule is CC(C)CC(NC(=O)C(Cc1c[nH]c2ccccc12)NC(=O)C1CCCN1C(=O)C(N)CCC(N)=O)C(=O)O. The van der Waals surface area contributed by atoms with Crippen LogP contribution in [0, 0.1) is 5.92 Å². The zero-order chi connectivity index (χ0) is 28.7. The van der Waals surface area contributed by atoms with Crippen LogP contribution >= 0.6 is 0 Å². The number of aromatic amines is 1. The first-order valence-corrected chi connectivity index (χ1v) is 13.2. The molecule has 0 aliphatic carbocycles. The van der Waals surface area contributed by atoms with Crippen LogP contribution in [0.5, 0.6) is 0 Å². The van der Waals surface area contributed by atoms with Crippen LogP contribution in [0.15, 0.2) is 30.5 Å². The molecule has 0 saturated carbocycles. The molecule has 1 aromatic carbocycles. The van der Waals surface area contributed by atoms with Gasteiger partial charge in [-0.2, -0.15) is 0 Å². The molecule has 0 spiro atoms. The number of carboxylic acid groups (broad SMARTS) is 1. The Kier molecular flexibility index (Phi) is 10.0. The predicted molar refractivity (Wildman–Crippen MR) is 144 cm³/mol. The first-order chi connectivity index (χ1) is 18.5. The van der Waals surface area contributed by atoms with E-state index in [1.165, 1.54) is 4.90 Å². The highest BCUT2D eigenvalue weighted by atomic mass is 16.4. The summed E-state index contributed by atoms with van der Waals surface area (Å²) in [6.45, 7) is 4.02. The number of nitrogens with two attached hydrogens (primary N) is 2. The fourth-order valence-electron chi connectivity index (χ4n) is 4.90. The van der Waals surface area contributed by atoms with E-state index < -0.39 is 53.8 Å². The molecule has 3 rings (SSSR count). The molecule has 212 valence electrons. The van der Waals surface area contributed by atoms with E-state index in [1.807, 2.05) is 38.1 Å². The summed E-state index contributed by atoms with van der Waals surface area (Å²) in [5, 5.41) is 15.9.